The number of hydrogen-bond acceptors (Lipinski definition) is 3. The van der Waals surface area contributed by atoms with Gasteiger partial charge in [-0.15, -0.1) is 12.4 Å². The van der Waals surface area contributed by atoms with Gasteiger partial charge in [0.05, 0.1) is 0 Å². The predicted octanol–water partition coefficient (Wildman–Crippen LogP) is 2.34. The molecule has 1 saturated heterocycles. The van der Waals surface area contributed by atoms with Crippen molar-refractivity contribution in [1.29, 1.82) is 0 Å². The Kier molecular flexibility index (Phi) is 6.84. The van der Waals surface area contributed by atoms with Gasteiger partial charge in [-0.05, 0) is 44.0 Å². The fourth-order valence-corrected chi connectivity index (χ4v) is 2.13. The maximum atomic E-state index is 12.0. The van der Waals surface area contributed by atoms with E-state index in [1.807, 2.05) is 31.3 Å². The Morgan fingerprint density at radius 2 is 2.26 bits per heavy atom. The van der Waals surface area contributed by atoms with E-state index in [1.54, 1.807) is 0 Å². The van der Waals surface area contributed by atoms with E-state index in [1.165, 1.54) is 0 Å². The number of nitrogens with one attached hydrogen (secondary N) is 2. The third-order valence-corrected chi connectivity index (χ3v) is 3.05. The van der Waals surface area contributed by atoms with Crippen LogP contribution < -0.4 is 10.6 Å². The second-order valence-corrected chi connectivity index (χ2v) is 4.58. The molecule has 4 nitrogen and oxygen atoms in total. The lowest BCUT2D eigenvalue weighted by atomic mass is 10.1. The van der Waals surface area contributed by atoms with Gasteiger partial charge in [0, 0.05) is 18.8 Å². The summed E-state index contributed by atoms with van der Waals surface area (Å²) >= 11 is 0. The van der Waals surface area contributed by atoms with Crippen molar-refractivity contribution >= 4 is 24.0 Å². The van der Waals surface area contributed by atoms with Gasteiger partial charge in [0.2, 0.25) is 0 Å². The molecule has 1 atom stereocenters. The quantitative estimate of drug-likeness (QED) is 0.892. The van der Waals surface area contributed by atoms with Crippen LogP contribution in [0, 0.1) is 0 Å². The van der Waals surface area contributed by atoms with Crippen LogP contribution in [0.15, 0.2) is 24.3 Å². The number of halogens is 1. The first kappa shape index (κ1) is 16.0. The molecule has 19 heavy (non-hydrogen) atoms. The SMILES string of the molecule is CNCc1cccc(NC(=O)C2CCCCO2)c1.Cl. The first-order chi connectivity index (χ1) is 8.79. The van der Waals surface area contributed by atoms with Crippen LogP contribution >= 0.6 is 12.4 Å². The molecular formula is C14H21ClN2O2. The van der Waals surface area contributed by atoms with E-state index in [0.717, 1.165) is 37.1 Å². The molecule has 2 N–H and O–H groups in total. The Labute approximate surface area is 120 Å². The summed E-state index contributed by atoms with van der Waals surface area (Å²) in [7, 11) is 1.90. The number of amides is 1. The zero-order valence-electron chi connectivity index (χ0n) is 11.1. The molecule has 1 fully saturated rings. The monoisotopic (exact) mass is 284 g/mol. The van der Waals surface area contributed by atoms with Gasteiger partial charge in [0.15, 0.2) is 0 Å². The first-order valence-corrected chi connectivity index (χ1v) is 6.45. The average molecular weight is 285 g/mol. The molecule has 0 saturated carbocycles. The minimum absolute atomic E-state index is 0. The summed E-state index contributed by atoms with van der Waals surface area (Å²) in [6.45, 7) is 1.49. The van der Waals surface area contributed by atoms with Gasteiger partial charge >= 0.3 is 0 Å². The highest BCUT2D eigenvalue weighted by molar-refractivity contribution is 5.94. The van der Waals surface area contributed by atoms with Crippen LogP contribution in [0.1, 0.15) is 24.8 Å². The van der Waals surface area contributed by atoms with Gasteiger partial charge in [-0.1, -0.05) is 12.1 Å². The van der Waals surface area contributed by atoms with E-state index >= 15 is 0 Å². The molecule has 0 aliphatic carbocycles. The Hall–Kier alpha value is -1.10. The van der Waals surface area contributed by atoms with E-state index in [9.17, 15) is 4.79 Å². The van der Waals surface area contributed by atoms with Crippen molar-refractivity contribution in [2.45, 2.75) is 31.9 Å². The minimum Gasteiger partial charge on any atom is -0.368 e. The van der Waals surface area contributed by atoms with Crippen LogP contribution in [-0.4, -0.2) is 25.7 Å². The largest absolute Gasteiger partial charge is 0.368 e. The summed E-state index contributed by atoms with van der Waals surface area (Å²) in [6.07, 6.45) is 2.66. The van der Waals surface area contributed by atoms with E-state index in [0.29, 0.717) is 6.61 Å². The van der Waals surface area contributed by atoms with E-state index in [2.05, 4.69) is 10.6 Å². The van der Waals surface area contributed by atoms with Crippen LogP contribution in [0.25, 0.3) is 0 Å². The molecule has 1 unspecified atom stereocenters. The summed E-state index contributed by atoms with van der Waals surface area (Å²) in [6, 6.07) is 7.87. The number of anilines is 1. The number of ether oxygens (including phenoxy) is 1. The fraction of sp³-hybridized carbons (Fsp3) is 0.500. The van der Waals surface area contributed by atoms with E-state index in [4.69, 9.17) is 4.74 Å². The van der Waals surface area contributed by atoms with Crippen molar-refractivity contribution in [3.05, 3.63) is 29.8 Å². The number of hydrogen-bond donors (Lipinski definition) is 2. The Balaban J connectivity index is 0.00000180. The maximum absolute atomic E-state index is 12.0. The molecule has 0 spiro atoms. The van der Waals surface area contributed by atoms with Crippen LogP contribution in [-0.2, 0) is 16.1 Å². The van der Waals surface area contributed by atoms with Gasteiger partial charge in [-0.3, -0.25) is 4.79 Å². The van der Waals surface area contributed by atoms with Gasteiger partial charge in [0.1, 0.15) is 6.10 Å². The van der Waals surface area contributed by atoms with Crippen molar-refractivity contribution in [3.63, 3.8) is 0 Å². The Bertz CT molecular complexity index is 406. The summed E-state index contributed by atoms with van der Waals surface area (Å²) < 4.78 is 5.47. The Morgan fingerprint density at radius 3 is 2.95 bits per heavy atom. The number of benzene rings is 1. The standard InChI is InChI=1S/C14H20N2O2.ClH/c1-15-10-11-5-4-6-12(9-11)16-14(17)13-7-2-3-8-18-13;/h4-6,9,13,15H,2-3,7-8,10H2,1H3,(H,16,17);1H. The van der Waals surface area contributed by atoms with Crippen molar-refractivity contribution in [2.24, 2.45) is 0 Å². The summed E-state index contributed by atoms with van der Waals surface area (Å²) in [5.41, 5.74) is 1.99. The Morgan fingerprint density at radius 1 is 1.42 bits per heavy atom. The van der Waals surface area contributed by atoms with E-state index < -0.39 is 0 Å². The summed E-state index contributed by atoms with van der Waals surface area (Å²) in [5, 5.41) is 6.01. The van der Waals surface area contributed by atoms with Crippen molar-refractivity contribution in [1.82, 2.24) is 5.32 Å². The highest BCUT2D eigenvalue weighted by atomic mass is 35.5. The predicted molar refractivity (Wildman–Crippen MR) is 78.7 cm³/mol. The van der Waals surface area contributed by atoms with Crippen LogP contribution in [0.5, 0.6) is 0 Å². The lowest BCUT2D eigenvalue weighted by Crippen LogP contribution is -2.33. The topological polar surface area (TPSA) is 50.4 Å². The maximum Gasteiger partial charge on any atom is 0.253 e. The molecule has 1 aromatic rings. The second-order valence-electron chi connectivity index (χ2n) is 4.58. The van der Waals surface area contributed by atoms with Gasteiger partial charge < -0.3 is 15.4 Å². The number of carbonyl (C=O) groups excluding carboxylic acids is 1. The second kappa shape index (κ2) is 8.15. The number of rotatable bonds is 4. The van der Waals surface area contributed by atoms with Gasteiger partial charge in [-0.25, -0.2) is 0 Å². The highest BCUT2D eigenvalue weighted by Gasteiger charge is 2.21. The average Bonchev–Trinajstić information content (AvgIpc) is 2.40. The zero-order chi connectivity index (χ0) is 12.8. The third kappa shape index (κ3) is 4.82. The molecule has 0 aromatic heterocycles. The van der Waals surface area contributed by atoms with Crippen LogP contribution in [0.4, 0.5) is 5.69 Å². The van der Waals surface area contributed by atoms with Gasteiger partial charge in [-0.2, -0.15) is 0 Å². The molecule has 2 rings (SSSR count). The molecule has 0 bridgehead atoms. The molecule has 1 aliphatic heterocycles. The van der Waals surface area contributed by atoms with Crippen molar-refractivity contribution in [3.8, 4) is 0 Å². The van der Waals surface area contributed by atoms with Crippen LogP contribution in [0.2, 0.25) is 0 Å². The minimum atomic E-state index is -0.285. The summed E-state index contributed by atoms with van der Waals surface area (Å²) in [4.78, 5) is 12.0. The highest BCUT2D eigenvalue weighted by Crippen LogP contribution is 2.16. The fourth-order valence-electron chi connectivity index (χ4n) is 2.13. The third-order valence-electron chi connectivity index (χ3n) is 3.05. The first-order valence-electron chi connectivity index (χ1n) is 6.45. The molecule has 1 aromatic carbocycles. The molecule has 1 aliphatic rings. The van der Waals surface area contributed by atoms with Crippen molar-refractivity contribution in [2.75, 3.05) is 19.0 Å². The molecule has 106 valence electrons. The molecule has 1 amide bonds. The van der Waals surface area contributed by atoms with Crippen LogP contribution in [0.3, 0.4) is 0 Å². The normalized spacial score (nSPS) is 18.5. The number of carbonyl (C=O) groups is 1. The molecular weight excluding hydrogens is 264 g/mol. The van der Waals surface area contributed by atoms with E-state index in [-0.39, 0.29) is 24.4 Å². The van der Waals surface area contributed by atoms with Crippen molar-refractivity contribution < 1.29 is 9.53 Å². The molecule has 0 radical (unpaired) electrons. The van der Waals surface area contributed by atoms with Gasteiger partial charge in [0.25, 0.3) is 5.91 Å². The lowest BCUT2D eigenvalue weighted by Gasteiger charge is -2.21. The summed E-state index contributed by atoms with van der Waals surface area (Å²) in [5.74, 6) is -0.0312. The smallest absolute Gasteiger partial charge is 0.253 e. The molecule has 5 heteroatoms. The zero-order valence-corrected chi connectivity index (χ0v) is 12.0. The molecule has 1 heterocycles. The lowest BCUT2D eigenvalue weighted by molar-refractivity contribution is -0.129.